The van der Waals surface area contributed by atoms with Crippen LogP contribution in [0, 0.1) is 0 Å². The SMILES string of the molecule is CC(O)c1ccccc1Oc1cccc(OCCN)c1. The van der Waals surface area contributed by atoms with Gasteiger partial charge in [0.25, 0.3) is 0 Å². The summed E-state index contributed by atoms with van der Waals surface area (Å²) < 4.78 is 11.3. The lowest BCUT2D eigenvalue weighted by molar-refractivity contribution is 0.195. The lowest BCUT2D eigenvalue weighted by Crippen LogP contribution is -2.10. The zero-order chi connectivity index (χ0) is 14.4. The Morgan fingerprint density at radius 2 is 1.85 bits per heavy atom. The zero-order valence-electron chi connectivity index (χ0n) is 11.5. The van der Waals surface area contributed by atoms with Gasteiger partial charge in [-0.1, -0.05) is 24.3 Å². The van der Waals surface area contributed by atoms with Crippen molar-refractivity contribution in [3.8, 4) is 17.2 Å². The number of benzene rings is 2. The van der Waals surface area contributed by atoms with Crippen molar-refractivity contribution in [1.82, 2.24) is 0 Å². The average molecular weight is 273 g/mol. The van der Waals surface area contributed by atoms with Crippen LogP contribution in [0.15, 0.2) is 48.5 Å². The lowest BCUT2D eigenvalue weighted by atomic mass is 10.1. The second kappa shape index (κ2) is 6.93. The number of ether oxygens (including phenoxy) is 2. The van der Waals surface area contributed by atoms with Gasteiger partial charge in [0.2, 0.25) is 0 Å². The van der Waals surface area contributed by atoms with E-state index >= 15 is 0 Å². The summed E-state index contributed by atoms with van der Waals surface area (Å²) in [7, 11) is 0. The van der Waals surface area contributed by atoms with E-state index in [9.17, 15) is 5.11 Å². The summed E-state index contributed by atoms with van der Waals surface area (Å²) in [6, 6.07) is 14.8. The number of hydrogen-bond donors (Lipinski definition) is 2. The molecule has 106 valence electrons. The van der Waals surface area contributed by atoms with Gasteiger partial charge in [-0.25, -0.2) is 0 Å². The van der Waals surface area contributed by atoms with E-state index in [1.807, 2.05) is 42.5 Å². The molecule has 0 aliphatic rings. The topological polar surface area (TPSA) is 64.7 Å². The molecule has 0 spiro atoms. The molecule has 0 saturated heterocycles. The fourth-order valence-electron chi connectivity index (χ4n) is 1.85. The third-order valence-corrected chi connectivity index (χ3v) is 2.79. The van der Waals surface area contributed by atoms with Crippen molar-refractivity contribution in [1.29, 1.82) is 0 Å². The Kier molecular flexibility index (Phi) is 4.98. The summed E-state index contributed by atoms with van der Waals surface area (Å²) in [4.78, 5) is 0. The van der Waals surface area contributed by atoms with Crippen LogP contribution in [-0.2, 0) is 0 Å². The van der Waals surface area contributed by atoms with Crippen LogP contribution in [0.5, 0.6) is 17.2 Å². The van der Waals surface area contributed by atoms with E-state index in [-0.39, 0.29) is 0 Å². The number of aliphatic hydroxyl groups excluding tert-OH is 1. The molecule has 1 atom stereocenters. The predicted molar refractivity (Wildman–Crippen MR) is 78.1 cm³/mol. The van der Waals surface area contributed by atoms with Crippen LogP contribution in [0.2, 0.25) is 0 Å². The smallest absolute Gasteiger partial charge is 0.133 e. The Morgan fingerprint density at radius 1 is 1.10 bits per heavy atom. The summed E-state index contributed by atoms with van der Waals surface area (Å²) in [5.41, 5.74) is 6.16. The average Bonchev–Trinajstić information content (AvgIpc) is 2.46. The molecule has 4 nitrogen and oxygen atoms in total. The van der Waals surface area contributed by atoms with Crippen LogP contribution in [0.4, 0.5) is 0 Å². The Bertz CT molecular complexity index is 555. The van der Waals surface area contributed by atoms with Gasteiger partial charge in [0.15, 0.2) is 0 Å². The third kappa shape index (κ3) is 3.73. The predicted octanol–water partition coefficient (Wildman–Crippen LogP) is 2.87. The van der Waals surface area contributed by atoms with E-state index in [2.05, 4.69) is 0 Å². The number of rotatable bonds is 6. The largest absolute Gasteiger partial charge is 0.492 e. The minimum atomic E-state index is -0.581. The van der Waals surface area contributed by atoms with Gasteiger partial charge in [0, 0.05) is 18.2 Å². The molecule has 1 unspecified atom stereocenters. The molecule has 0 aliphatic carbocycles. The van der Waals surface area contributed by atoms with Crippen molar-refractivity contribution in [3.63, 3.8) is 0 Å². The van der Waals surface area contributed by atoms with Gasteiger partial charge in [-0.2, -0.15) is 0 Å². The number of aliphatic hydroxyl groups is 1. The molecule has 4 heteroatoms. The van der Waals surface area contributed by atoms with Crippen molar-refractivity contribution >= 4 is 0 Å². The zero-order valence-corrected chi connectivity index (χ0v) is 11.5. The lowest BCUT2D eigenvalue weighted by Gasteiger charge is -2.13. The second-order valence-electron chi connectivity index (χ2n) is 4.43. The fourth-order valence-corrected chi connectivity index (χ4v) is 1.85. The van der Waals surface area contributed by atoms with Gasteiger partial charge in [-0.05, 0) is 25.1 Å². The van der Waals surface area contributed by atoms with Gasteiger partial charge in [0.1, 0.15) is 23.9 Å². The number of nitrogens with two attached hydrogens (primary N) is 1. The molecule has 0 aromatic heterocycles. The first kappa shape index (κ1) is 14.4. The van der Waals surface area contributed by atoms with Crippen molar-refractivity contribution < 1.29 is 14.6 Å². The normalized spacial score (nSPS) is 11.9. The second-order valence-corrected chi connectivity index (χ2v) is 4.43. The highest BCUT2D eigenvalue weighted by atomic mass is 16.5. The van der Waals surface area contributed by atoms with Crippen LogP contribution >= 0.6 is 0 Å². The molecule has 0 radical (unpaired) electrons. The Balaban J connectivity index is 2.17. The number of para-hydroxylation sites is 1. The van der Waals surface area contributed by atoms with Crippen LogP contribution in [0.25, 0.3) is 0 Å². The van der Waals surface area contributed by atoms with E-state index in [1.54, 1.807) is 13.0 Å². The molecule has 0 saturated carbocycles. The fraction of sp³-hybridized carbons (Fsp3) is 0.250. The van der Waals surface area contributed by atoms with Crippen LogP contribution in [0.3, 0.4) is 0 Å². The Hall–Kier alpha value is -2.04. The molecule has 0 bridgehead atoms. The van der Waals surface area contributed by atoms with Crippen molar-refractivity contribution in [2.24, 2.45) is 5.73 Å². The Labute approximate surface area is 118 Å². The maximum Gasteiger partial charge on any atom is 0.133 e. The molecule has 0 aliphatic heterocycles. The van der Waals surface area contributed by atoms with Crippen LogP contribution in [-0.4, -0.2) is 18.3 Å². The highest BCUT2D eigenvalue weighted by Gasteiger charge is 2.09. The van der Waals surface area contributed by atoms with E-state index in [0.717, 1.165) is 5.56 Å². The summed E-state index contributed by atoms with van der Waals surface area (Å²) >= 11 is 0. The molecule has 3 N–H and O–H groups in total. The molecule has 0 amide bonds. The third-order valence-electron chi connectivity index (χ3n) is 2.79. The van der Waals surface area contributed by atoms with E-state index in [0.29, 0.717) is 30.4 Å². The molecule has 2 aromatic carbocycles. The minimum absolute atomic E-state index is 0.466. The molecule has 20 heavy (non-hydrogen) atoms. The highest BCUT2D eigenvalue weighted by Crippen LogP contribution is 2.30. The summed E-state index contributed by atoms with van der Waals surface area (Å²) in [5.74, 6) is 2.01. The molecule has 0 heterocycles. The number of hydrogen-bond acceptors (Lipinski definition) is 4. The standard InChI is InChI=1S/C16H19NO3/c1-12(18)15-7-2-3-8-16(15)20-14-6-4-5-13(11-14)19-10-9-17/h2-8,11-12,18H,9-10,17H2,1H3. The summed E-state index contributed by atoms with van der Waals surface area (Å²) in [5, 5.41) is 9.73. The van der Waals surface area contributed by atoms with Gasteiger partial charge in [-0.15, -0.1) is 0 Å². The molecular weight excluding hydrogens is 254 g/mol. The van der Waals surface area contributed by atoms with Gasteiger partial charge >= 0.3 is 0 Å². The first-order chi connectivity index (χ1) is 9.70. The van der Waals surface area contributed by atoms with Gasteiger partial charge < -0.3 is 20.3 Å². The van der Waals surface area contributed by atoms with Crippen molar-refractivity contribution in [3.05, 3.63) is 54.1 Å². The van der Waals surface area contributed by atoms with Crippen molar-refractivity contribution in [2.75, 3.05) is 13.2 Å². The molecule has 0 fully saturated rings. The summed E-state index contributed by atoms with van der Waals surface area (Å²) in [6.45, 7) is 2.65. The quantitative estimate of drug-likeness (QED) is 0.849. The molecule has 2 rings (SSSR count). The van der Waals surface area contributed by atoms with E-state index < -0.39 is 6.10 Å². The first-order valence-electron chi connectivity index (χ1n) is 6.58. The van der Waals surface area contributed by atoms with Gasteiger partial charge in [-0.3, -0.25) is 0 Å². The van der Waals surface area contributed by atoms with E-state index in [1.165, 1.54) is 0 Å². The monoisotopic (exact) mass is 273 g/mol. The highest BCUT2D eigenvalue weighted by molar-refractivity contribution is 5.41. The molecule has 2 aromatic rings. The minimum Gasteiger partial charge on any atom is -0.492 e. The van der Waals surface area contributed by atoms with Crippen LogP contribution in [0.1, 0.15) is 18.6 Å². The van der Waals surface area contributed by atoms with E-state index in [4.69, 9.17) is 15.2 Å². The Morgan fingerprint density at radius 3 is 2.60 bits per heavy atom. The molecular formula is C16H19NO3. The van der Waals surface area contributed by atoms with Crippen LogP contribution < -0.4 is 15.2 Å². The van der Waals surface area contributed by atoms with Crippen molar-refractivity contribution in [2.45, 2.75) is 13.0 Å². The maximum atomic E-state index is 9.73. The van der Waals surface area contributed by atoms with Gasteiger partial charge in [0.05, 0.1) is 6.10 Å². The summed E-state index contributed by atoms with van der Waals surface area (Å²) in [6.07, 6.45) is -0.581. The first-order valence-corrected chi connectivity index (χ1v) is 6.58. The maximum absolute atomic E-state index is 9.73.